The van der Waals surface area contributed by atoms with Gasteiger partial charge in [0.25, 0.3) is 0 Å². The smallest absolute Gasteiger partial charge is 0.238 e. The van der Waals surface area contributed by atoms with Gasteiger partial charge in [0.15, 0.2) is 0 Å². The number of primary sulfonamides is 1. The molecule has 0 aromatic heterocycles. The molecule has 1 aromatic carbocycles. The van der Waals surface area contributed by atoms with Gasteiger partial charge in [0, 0.05) is 0 Å². The predicted molar refractivity (Wildman–Crippen MR) is 67.0 cm³/mol. The second kappa shape index (κ2) is 6.14. The first-order valence-corrected chi connectivity index (χ1v) is 7.22. The van der Waals surface area contributed by atoms with Gasteiger partial charge in [-0.3, -0.25) is 0 Å². The summed E-state index contributed by atoms with van der Waals surface area (Å²) in [4.78, 5) is 0.194. The van der Waals surface area contributed by atoms with E-state index in [0.29, 0.717) is 5.56 Å². The van der Waals surface area contributed by atoms with Gasteiger partial charge in [0.05, 0.1) is 11.0 Å². The monoisotopic (exact) mass is 257 g/mol. The summed E-state index contributed by atoms with van der Waals surface area (Å²) in [7, 11) is -3.53. The van der Waals surface area contributed by atoms with Crippen LogP contribution in [0.2, 0.25) is 0 Å². The Morgan fingerprint density at radius 3 is 2.06 bits per heavy atom. The first kappa shape index (κ1) is 14.2. The Kier molecular flexibility index (Phi) is 5.11. The maximum absolute atomic E-state index is 10.8. The molecule has 1 aliphatic carbocycles. The Hall–Kier alpha value is -0.910. The van der Waals surface area contributed by atoms with E-state index < -0.39 is 10.0 Å². The highest BCUT2D eigenvalue weighted by Crippen LogP contribution is 2.16. The van der Waals surface area contributed by atoms with Crippen molar-refractivity contribution in [3.05, 3.63) is 29.8 Å². The highest BCUT2D eigenvalue weighted by Gasteiger charge is 2.09. The molecule has 0 atom stereocenters. The van der Waals surface area contributed by atoms with E-state index in [1.54, 1.807) is 25.1 Å². The van der Waals surface area contributed by atoms with E-state index in [9.17, 15) is 8.42 Å². The normalized spacial score (nSPS) is 16.4. The van der Waals surface area contributed by atoms with Crippen LogP contribution in [0.3, 0.4) is 0 Å². The van der Waals surface area contributed by atoms with Crippen molar-refractivity contribution in [1.29, 1.82) is 0 Å². The van der Waals surface area contributed by atoms with Crippen LogP contribution in [-0.2, 0) is 10.0 Å². The van der Waals surface area contributed by atoms with Crippen molar-refractivity contribution >= 4 is 10.0 Å². The summed E-state index contributed by atoms with van der Waals surface area (Å²) in [5, 5.41) is 13.7. The molecule has 1 aliphatic rings. The third-order valence-electron chi connectivity index (χ3n) is 2.72. The summed E-state index contributed by atoms with van der Waals surface area (Å²) >= 11 is 0. The minimum Gasteiger partial charge on any atom is -0.393 e. The highest BCUT2D eigenvalue weighted by molar-refractivity contribution is 7.89. The third kappa shape index (κ3) is 4.85. The second-order valence-corrected chi connectivity index (χ2v) is 5.78. The summed E-state index contributed by atoms with van der Waals surface area (Å²) in [6.45, 7) is 1.71. The second-order valence-electron chi connectivity index (χ2n) is 4.25. The first-order valence-electron chi connectivity index (χ1n) is 5.68. The van der Waals surface area contributed by atoms with Crippen molar-refractivity contribution in [2.75, 3.05) is 0 Å². The quantitative estimate of drug-likeness (QED) is 0.801. The van der Waals surface area contributed by atoms with Gasteiger partial charge in [-0.15, -0.1) is 0 Å². The molecule has 3 N–H and O–H groups in total. The molecule has 0 aliphatic heterocycles. The molecule has 0 saturated heterocycles. The van der Waals surface area contributed by atoms with Crippen LogP contribution in [0.5, 0.6) is 0 Å². The van der Waals surface area contributed by atoms with E-state index in [-0.39, 0.29) is 11.0 Å². The molecule has 1 fully saturated rings. The van der Waals surface area contributed by atoms with Crippen molar-refractivity contribution in [3.63, 3.8) is 0 Å². The van der Waals surface area contributed by atoms with Gasteiger partial charge in [0.2, 0.25) is 10.0 Å². The van der Waals surface area contributed by atoms with Gasteiger partial charge in [-0.25, -0.2) is 13.6 Å². The zero-order valence-corrected chi connectivity index (χ0v) is 10.8. The van der Waals surface area contributed by atoms with Crippen LogP contribution in [0.1, 0.15) is 31.2 Å². The minimum absolute atomic E-state index is 0.0463. The topological polar surface area (TPSA) is 80.4 Å². The predicted octanol–water partition coefficient (Wildman–Crippen LogP) is 1.56. The molecule has 0 bridgehead atoms. The van der Waals surface area contributed by atoms with E-state index in [2.05, 4.69) is 0 Å². The van der Waals surface area contributed by atoms with Crippen LogP contribution in [0.25, 0.3) is 0 Å². The van der Waals surface area contributed by atoms with Gasteiger partial charge in [-0.05, 0) is 31.4 Å². The summed E-state index contributed by atoms with van der Waals surface area (Å²) in [6, 6.07) is 6.61. The lowest BCUT2D eigenvalue weighted by molar-refractivity contribution is 0.183. The Morgan fingerprint density at radius 2 is 1.76 bits per heavy atom. The van der Waals surface area contributed by atoms with Gasteiger partial charge in [0.1, 0.15) is 0 Å². The fourth-order valence-corrected chi connectivity index (χ4v) is 2.56. The molecule has 0 heterocycles. The number of benzene rings is 1. The number of aliphatic hydroxyl groups excluding tert-OH is 1. The zero-order chi connectivity index (χ0) is 12.9. The standard InChI is InChI=1S/C7H9NO2S.C5H10O/c1-6-4-2-3-5-7(6)11(8,9)10;6-5-3-1-2-4-5/h2-5H,1H3,(H2,8,9,10);5-6H,1-4H2. The van der Waals surface area contributed by atoms with Crippen molar-refractivity contribution in [3.8, 4) is 0 Å². The van der Waals surface area contributed by atoms with Gasteiger partial charge >= 0.3 is 0 Å². The maximum atomic E-state index is 10.8. The van der Waals surface area contributed by atoms with Crippen LogP contribution >= 0.6 is 0 Å². The summed E-state index contributed by atoms with van der Waals surface area (Å²) < 4.78 is 21.7. The molecular weight excluding hydrogens is 238 g/mol. The SMILES string of the molecule is Cc1ccccc1S(N)(=O)=O.OC1CCCC1. The molecule has 0 unspecified atom stereocenters. The zero-order valence-electron chi connectivity index (χ0n) is 9.96. The van der Waals surface area contributed by atoms with Crippen LogP contribution in [0.15, 0.2) is 29.2 Å². The van der Waals surface area contributed by atoms with E-state index in [4.69, 9.17) is 10.2 Å². The molecule has 1 saturated carbocycles. The van der Waals surface area contributed by atoms with Crippen LogP contribution in [0, 0.1) is 6.92 Å². The van der Waals surface area contributed by atoms with E-state index in [1.807, 2.05) is 0 Å². The molecular formula is C12H19NO3S. The number of hydrogen-bond donors (Lipinski definition) is 2. The van der Waals surface area contributed by atoms with Crippen molar-refractivity contribution in [2.45, 2.75) is 43.6 Å². The third-order valence-corrected chi connectivity index (χ3v) is 3.80. The Morgan fingerprint density at radius 1 is 1.24 bits per heavy atom. The molecule has 0 spiro atoms. The number of aryl methyl sites for hydroxylation is 1. The Balaban J connectivity index is 0.000000202. The first-order chi connectivity index (χ1) is 7.91. The number of aliphatic hydroxyl groups is 1. The van der Waals surface area contributed by atoms with Crippen molar-refractivity contribution < 1.29 is 13.5 Å². The molecule has 0 amide bonds. The van der Waals surface area contributed by atoms with Gasteiger partial charge < -0.3 is 5.11 Å². The van der Waals surface area contributed by atoms with Crippen LogP contribution < -0.4 is 5.14 Å². The fraction of sp³-hybridized carbons (Fsp3) is 0.500. The summed E-state index contributed by atoms with van der Waals surface area (Å²) in [6.07, 6.45) is 4.60. The number of hydrogen-bond acceptors (Lipinski definition) is 3. The van der Waals surface area contributed by atoms with Gasteiger partial charge in [-0.1, -0.05) is 31.0 Å². The molecule has 4 nitrogen and oxygen atoms in total. The Bertz CT molecular complexity index is 451. The lowest BCUT2D eigenvalue weighted by Gasteiger charge is -2.00. The lowest BCUT2D eigenvalue weighted by Crippen LogP contribution is -2.13. The highest BCUT2D eigenvalue weighted by atomic mass is 32.2. The molecule has 0 radical (unpaired) electrons. The average molecular weight is 257 g/mol. The summed E-state index contributed by atoms with van der Waals surface area (Å²) in [5.74, 6) is 0. The largest absolute Gasteiger partial charge is 0.393 e. The summed E-state index contributed by atoms with van der Waals surface area (Å²) in [5.41, 5.74) is 0.676. The van der Waals surface area contributed by atoms with Crippen LogP contribution in [0.4, 0.5) is 0 Å². The number of rotatable bonds is 1. The molecule has 17 heavy (non-hydrogen) atoms. The fourth-order valence-electron chi connectivity index (χ4n) is 1.78. The minimum atomic E-state index is -3.53. The van der Waals surface area contributed by atoms with E-state index in [0.717, 1.165) is 12.8 Å². The van der Waals surface area contributed by atoms with Crippen molar-refractivity contribution in [2.24, 2.45) is 5.14 Å². The van der Waals surface area contributed by atoms with Crippen LogP contribution in [-0.4, -0.2) is 19.6 Å². The Labute approximate surface area is 103 Å². The number of sulfonamides is 1. The van der Waals surface area contributed by atoms with E-state index >= 15 is 0 Å². The molecule has 1 aromatic rings. The number of nitrogens with two attached hydrogens (primary N) is 1. The van der Waals surface area contributed by atoms with Crippen molar-refractivity contribution in [1.82, 2.24) is 0 Å². The molecule has 2 rings (SSSR count). The molecule has 5 heteroatoms. The molecule has 96 valence electrons. The maximum Gasteiger partial charge on any atom is 0.238 e. The van der Waals surface area contributed by atoms with E-state index in [1.165, 1.54) is 18.9 Å². The average Bonchev–Trinajstić information content (AvgIpc) is 2.69. The lowest BCUT2D eigenvalue weighted by atomic mass is 10.2. The van der Waals surface area contributed by atoms with Gasteiger partial charge in [-0.2, -0.15) is 0 Å².